The first-order valence-corrected chi connectivity index (χ1v) is 18.6. The molecule has 2 aromatic rings. The highest BCUT2D eigenvalue weighted by Gasteiger charge is 2.45. The molecular formula is C36H47ClN2O7S. The molecule has 0 radical (unpaired) electrons. The van der Waals surface area contributed by atoms with Gasteiger partial charge in [-0.3, -0.25) is 4.79 Å². The lowest BCUT2D eigenvalue weighted by Gasteiger charge is -2.46. The Hall–Kier alpha value is -2.79. The number of hydrogen-bond donors (Lipinski definition) is 1. The summed E-state index contributed by atoms with van der Waals surface area (Å²) in [7, 11) is -0.986. The highest BCUT2D eigenvalue weighted by molar-refractivity contribution is 7.90. The standard InChI is InChI=1S/C36H47ClN2O7S/c1-23-7-5-9-31(44-4)28-12-10-26(28)20-39-21-36(14-6-8-25-17-27(37)11-13-29(25)36)22-46-32-19-33(45-16-15-43-3)34(18-30(32)39)47(41,42)38-35(40)24(23)2/h5,9,11,13,17-19,23-24,26,28,31H,6-8,10,12,14-16,20-22H2,1-4H3,(H,38,40)/b9-5+/t23-,24+,26-,28+,31-,36-/m0/s1. The Morgan fingerprint density at radius 1 is 1.13 bits per heavy atom. The molecule has 4 aliphatic rings. The third-order valence-electron chi connectivity index (χ3n) is 10.9. The van der Waals surface area contributed by atoms with E-state index in [2.05, 4.69) is 33.9 Å². The molecule has 2 bridgehead atoms. The van der Waals surface area contributed by atoms with Crippen LogP contribution in [0.3, 0.4) is 0 Å². The number of amides is 1. The first-order chi connectivity index (χ1) is 22.5. The number of carbonyl (C=O) groups excluding carboxylic acids is 1. The van der Waals surface area contributed by atoms with E-state index in [-0.39, 0.29) is 41.3 Å². The van der Waals surface area contributed by atoms with E-state index >= 15 is 0 Å². The van der Waals surface area contributed by atoms with E-state index in [4.69, 9.17) is 30.5 Å². The number of aryl methyl sites for hydroxylation is 1. The zero-order valence-corrected chi connectivity index (χ0v) is 29.4. The maximum Gasteiger partial charge on any atom is 0.267 e. The second-order valence-corrected chi connectivity index (χ2v) is 15.9. The molecule has 0 saturated heterocycles. The quantitative estimate of drug-likeness (QED) is 0.306. The lowest BCUT2D eigenvalue weighted by atomic mass is 9.68. The summed E-state index contributed by atoms with van der Waals surface area (Å²) in [4.78, 5) is 15.6. The number of nitrogens with one attached hydrogen (secondary N) is 1. The van der Waals surface area contributed by atoms with E-state index in [1.165, 1.54) is 11.1 Å². The number of nitrogens with zero attached hydrogens (tertiary/aromatic N) is 1. The lowest BCUT2D eigenvalue weighted by Crippen LogP contribution is -2.49. The average Bonchev–Trinajstić information content (AvgIpc) is 3.17. The molecule has 0 unspecified atom stereocenters. The predicted molar refractivity (Wildman–Crippen MR) is 182 cm³/mol. The molecule has 6 atom stereocenters. The van der Waals surface area contributed by atoms with Crippen molar-refractivity contribution in [3.8, 4) is 11.5 Å². The monoisotopic (exact) mass is 686 g/mol. The van der Waals surface area contributed by atoms with Crippen molar-refractivity contribution in [2.45, 2.75) is 68.8 Å². The number of anilines is 1. The number of rotatable bonds is 5. The number of sulfonamides is 1. The van der Waals surface area contributed by atoms with Crippen LogP contribution in [0.1, 0.15) is 57.1 Å². The van der Waals surface area contributed by atoms with Gasteiger partial charge in [-0.25, -0.2) is 13.1 Å². The summed E-state index contributed by atoms with van der Waals surface area (Å²) in [5.41, 5.74) is 2.82. The third kappa shape index (κ3) is 6.89. The summed E-state index contributed by atoms with van der Waals surface area (Å²) in [6.07, 6.45) is 9.78. The Morgan fingerprint density at radius 2 is 1.96 bits per heavy atom. The van der Waals surface area contributed by atoms with Crippen LogP contribution < -0.4 is 19.1 Å². The Morgan fingerprint density at radius 3 is 2.70 bits per heavy atom. The van der Waals surface area contributed by atoms with Crippen LogP contribution in [0.25, 0.3) is 0 Å². The Bertz CT molecular complexity index is 1610. The molecule has 2 aromatic carbocycles. The zero-order valence-electron chi connectivity index (χ0n) is 27.8. The largest absolute Gasteiger partial charge is 0.490 e. The molecule has 9 nitrogen and oxygen atoms in total. The Labute approximate surface area is 284 Å². The molecule has 2 heterocycles. The first-order valence-electron chi connectivity index (χ1n) is 16.8. The fourth-order valence-electron chi connectivity index (χ4n) is 7.78. The highest BCUT2D eigenvalue weighted by Crippen LogP contribution is 2.48. The molecular weight excluding hydrogens is 640 g/mol. The van der Waals surface area contributed by atoms with Gasteiger partial charge in [0.25, 0.3) is 10.0 Å². The van der Waals surface area contributed by atoms with Crippen LogP contribution in [0.5, 0.6) is 11.5 Å². The van der Waals surface area contributed by atoms with Gasteiger partial charge in [0, 0.05) is 49.7 Å². The van der Waals surface area contributed by atoms with Crippen molar-refractivity contribution in [3.05, 3.63) is 58.6 Å². The molecule has 11 heteroatoms. The van der Waals surface area contributed by atoms with Crippen molar-refractivity contribution in [2.24, 2.45) is 23.7 Å². The van der Waals surface area contributed by atoms with E-state index in [9.17, 15) is 13.2 Å². The molecule has 1 N–H and O–H groups in total. The first kappa shape index (κ1) is 34.1. The number of halogens is 1. The van der Waals surface area contributed by atoms with Gasteiger partial charge in [0.2, 0.25) is 5.91 Å². The van der Waals surface area contributed by atoms with Crippen molar-refractivity contribution >= 4 is 33.2 Å². The van der Waals surface area contributed by atoms with Gasteiger partial charge in [0.1, 0.15) is 23.0 Å². The molecule has 1 spiro atoms. The van der Waals surface area contributed by atoms with Gasteiger partial charge in [-0.2, -0.15) is 0 Å². The highest BCUT2D eigenvalue weighted by atomic mass is 35.5. The number of carbonyl (C=O) groups is 1. The second-order valence-electron chi connectivity index (χ2n) is 13.8. The minimum absolute atomic E-state index is 0.0419. The second kappa shape index (κ2) is 14.0. The van der Waals surface area contributed by atoms with Gasteiger partial charge in [-0.05, 0) is 85.6 Å². The van der Waals surface area contributed by atoms with E-state index in [1.807, 2.05) is 13.0 Å². The summed E-state index contributed by atoms with van der Waals surface area (Å²) in [6, 6.07) is 9.47. The van der Waals surface area contributed by atoms with Crippen molar-refractivity contribution in [1.29, 1.82) is 0 Å². The van der Waals surface area contributed by atoms with E-state index in [0.717, 1.165) is 37.1 Å². The van der Waals surface area contributed by atoms with Crippen molar-refractivity contribution in [2.75, 3.05) is 52.0 Å². The summed E-state index contributed by atoms with van der Waals surface area (Å²) in [5.74, 6) is 0.160. The van der Waals surface area contributed by atoms with Crippen LogP contribution in [0.15, 0.2) is 47.4 Å². The fraction of sp³-hybridized carbons (Fsp3) is 0.583. The van der Waals surface area contributed by atoms with Gasteiger partial charge >= 0.3 is 0 Å². The van der Waals surface area contributed by atoms with Gasteiger partial charge in [-0.1, -0.05) is 43.7 Å². The van der Waals surface area contributed by atoms with Crippen LogP contribution in [-0.4, -0.2) is 67.6 Å². The minimum atomic E-state index is -4.31. The van der Waals surface area contributed by atoms with Crippen LogP contribution in [-0.2, 0) is 36.1 Å². The lowest BCUT2D eigenvalue weighted by molar-refractivity contribution is -0.124. The van der Waals surface area contributed by atoms with Gasteiger partial charge in [0.15, 0.2) is 0 Å². The number of fused-ring (bicyclic) bond motifs is 4. The average molecular weight is 687 g/mol. The number of hydrogen-bond acceptors (Lipinski definition) is 8. The fourth-order valence-corrected chi connectivity index (χ4v) is 9.19. The Kier molecular flexibility index (Phi) is 10.1. The molecule has 256 valence electrons. The van der Waals surface area contributed by atoms with Crippen molar-refractivity contribution < 1.29 is 32.2 Å². The van der Waals surface area contributed by atoms with Gasteiger partial charge in [0.05, 0.1) is 25.0 Å². The third-order valence-corrected chi connectivity index (χ3v) is 12.5. The van der Waals surface area contributed by atoms with Crippen molar-refractivity contribution in [3.63, 3.8) is 0 Å². The zero-order chi connectivity index (χ0) is 33.3. The predicted octanol–water partition coefficient (Wildman–Crippen LogP) is 5.92. The van der Waals surface area contributed by atoms with Crippen LogP contribution in [0.2, 0.25) is 5.02 Å². The smallest absolute Gasteiger partial charge is 0.267 e. The summed E-state index contributed by atoms with van der Waals surface area (Å²) >= 11 is 6.45. The van der Waals surface area contributed by atoms with E-state index in [0.29, 0.717) is 49.4 Å². The molecule has 0 aromatic heterocycles. The summed E-state index contributed by atoms with van der Waals surface area (Å²) in [5, 5.41) is 0.720. The van der Waals surface area contributed by atoms with Crippen LogP contribution in [0.4, 0.5) is 5.69 Å². The normalized spacial score (nSPS) is 31.0. The molecule has 2 aliphatic heterocycles. The Balaban J connectivity index is 1.49. The SMILES string of the molecule is COCCOc1cc2c3cc1S(=O)(=O)NC(=O)[C@H](C)[C@@H](C)C/C=C/[C@H](OC)[C@@H]1CC[C@H]1CN3C[C@@]1(CCCc3cc(Cl)ccc31)CO2. The minimum Gasteiger partial charge on any atom is -0.490 e. The number of benzene rings is 2. The van der Waals surface area contributed by atoms with Gasteiger partial charge < -0.3 is 23.8 Å². The molecule has 2 aliphatic carbocycles. The topological polar surface area (TPSA) is 103 Å². The van der Waals surface area contributed by atoms with Crippen molar-refractivity contribution in [1.82, 2.24) is 4.72 Å². The van der Waals surface area contributed by atoms with E-state index < -0.39 is 21.8 Å². The number of methoxy groups -OCH3 is 2. The molecule has 1 fully saturated rings. The molecule has 6 rings (SSSR count). The van der Waals surface area contributed by atoms with Crippen LogP contribution >= 0.6 is 11.6 Å². The van der Waals surface area contributed by atoms with E-state index in [1.54, 1.807) is 33.3 Å². The maximum atomic E-state index is 14.0. The molecule has 1 amide bonds. The van der Waals surface area contributed by atoms with Gasteiger partial charge in [-0.15, -0.1) is 0 Å². The number of ether oxygens (including phenoxy) is 4. The molecule has 47 heavy (non-hydrogen) atoms. The number of allylic oxidation sites excluding steroid dienone is 1. The van der Waals surface area contributed by atoms with Crippen LogP contribution in [0, 0.1) is 23.7 Å². The summed E-state index contributed by atoms with van der Waals surface area (Å²) in [6.45, 7) is 5.91. The summed E-state index contributed by atoms with van der Waals surface area (Å²) < 4.78 is 54.3. The molecule has 1 saturated carbocycles. The maximum absolute atomic E-state index is 14.0.